The van der Waals surface area contributed by atoms with E-state index in [2.05, 4.69) is 4.98 Å². The number of esters is 1. The number of nitrogens with zero attached hydrogens (tertiary/aromatic N) is 2. The van der Waals surface area contributed by atoms with Gasteiger partial charge in [-0.3, -0.25) is 14.7 Å². The highest BCUT2D eigenvalue weighted by atomic mass is 16.6. The lowest BCUT2D eigenvalue weighted by molar-refractivity contribution is -0.141. The summed E-state index contributed by atoms with van der Waals surface area (Å²) >= 11 is 0. The summed E-state index contributed by atoms with van der Waals surface area (Å²) in [5.74, 6) is 0.216. The number of hydrogen-bond donors (Lipinski definition) is 0. The van der Waals surface area contributed by atoms with Crippen LogP contribution in [0, 0.1) is 0 Å². The van der Waals surface area contributed by atoms with Gasteiger partial charge in [0.1, 0.15) is 24.5 Å². The number of carbonyl (C=O) groups excluding carboxylic acids is 2. The summed E-state index contributed by atoms with van der Waals surface area (Å²) in [5.41, 5.74) is 2.34. The van der Waals surface area contributed by atoms with E-state index in [4.69, 9.17) is 14.2 Å². The predicted molar refractivity (Wildman–Crippen MR) is 131 cm³/mol. The van der Waals surface area contributed by atoms with Gasteiger partial charge in [0.2, 0.25) is 0 Å². The highest BCUT2D eigenvalue weighted by Crippen LogP contribution is 2.26. The Kier molecular flexibility index (Phi) is 8.24. The molecule has 34 heavy (non-hydrogen) atoms. The molecule has 0 aliphatic heterocycles. The molecule has 2 aromatic carbocycles. The Hall–Kier alpha value is -3.87. The van der Waals surface area contributed by atoms with E-state index >= 15 is 0 Å². The Bertz CT molecular complexity index is 1090. The maximum atomic E-state index is 12.8. The molecule has 0 spiro atoms. The van der Waals surface area contributed by atoms with Crippen molar-refractivity contribution in [3.63, 3.8) is 0 Å². The zero-order chi connectivity index (χ0) is 24.6. The molecule has 0 aliphatic rings. The van der Waals surface area contributed by atoms with Crippen LogP contribution in [-0.2, 0) is 20.9 Å². The molecular formula is C27H30N2O5. The normalized spacial score (nSPS) is 10.9. The molecule has 1 heterocycles. The van der Waals surface area contributed by atoms with Gasteiger partial charge in [-0.2, -0.15) is 0 Å². The van der Waals surface area contributed by atoms with Crippen molar-refractivity contribution in [2.24, 2.45) is 0 Å². The second-order valence-electron chi connectivity index (χ2n) is 8.57. The molecule has 0 saturated heterocycles. The Morgan fingerprint density at radius 3 is 2.32 bits per heavy atom. The Morgan fingerprint density at radius 2 is 1.68 bits per heavy atom. The van der Waals surface area contributed by atoms with Gasteiger partial charge >= 0.3 is 12.1 Å². The SMILES string of the molecule is CCOC(=O)CN(C(=O)OC(C)(C)C)c1ccnc(-c2ccc(OCc3ccccc3)cc2)c1. The third-order valence-corrected chi connectivity index (χ3v) is 4.66. The van der Waals surface area contributed by atoms with E-state index in [-0.39, 0.29) is 13.2 Å². The first-order valence-electron chi connectivity index (χ1n) is 11.1. The second-order valence-corrected chi connectivity index (χ2v) is 8.57. The smallest absolute Gasteiger partial charge is 0.415 e. The van der Waals surface area contributed by atoms with E-state index < -0.39 is 17.7 Å². The van der Waals surface area contributed by atoms with Gasteiger partial charge < -0.3 is 14.2 Å². The van der Waals surface area contributed by atoms with Crippen LogP contribution in [0.4, 0.5) is 10.5 Å². The van der Waals surface area contributed by atoms with Crippen LogP contribution in [0.1, 0.15) is 33.3 Å². The van der Waals surface area contributed by atoms with Gasteiger partial charge in [0.25, 0.3) is 0 Å². The van der Waals surface area contributed by atoms with Gasteiger partial charge in [0.05, 0.1) is 18.0 Å². The average Bonchev–Trinajstić information content (AvgIpc) is 2.81. The van der Waals surface area contributed by atoms with E-state index in [0.717, 1.165) is 16.9 Å². The zero-order valence-electron chi connectivity index (χ0n) is 20.0. The number of hydrogen-bond acceptors (Lipinski definition) is 6. The number of amides is 1. The molecule has 0 bridgehead atoms. The highest BCUT2D eigenvalue weighted by molar-refractivity contribution is 5.94. The molecule has 1 amide bonds. The quantitative estimate of drug-likeness (QED) is 0.404. The van der Waals surface area contributed by atoms with Crippen molar-refractivity contribution in [1.29, 1.82) is 0 Å². The van der Waals surface area contributed by atoms with E-state index in [0.29, 0.717) is 18.0 Å². The molecular weight excluding hydrogens is 432 g/mol. The topological polar surface area (TPSA) is 78.0 Å². The molecule has 0 unspecified atom stereocenters. The summed E-state index contributed by atoms with van der Waals surface area (Å²) in [4.78, 5) is 30.7. The van der Waals surface area contributed by atoms with Crippen molar-refractivity contribution < 1.29 is 23.8 Å². The number of pyridine rings is 1. The van der Waals surface area contributed by atoms with Crippen LogP contribution >= 0.6 is 0 Å². The fourth-order valence-corrected chi connectivity index (χ4v) is 3.12. The molecule has 7 nitrogen and oxygen atoms in total. The molecule has 3 rings (SSSR count). The van der Waals surface area contributed by atoms with Crippen LogP contribution in [0.2, 0.25) is 0 Å². The van der Waals surface area contributed by atoms with Gasteiger partial charge in [-0.1, -0.05) is 30.3 Å². The van der Waals surface area contributed by atoms with Crippen LogP contribution in [-0.4, -0.2) is 35.8 Å². The minimum atomic E-state index is -0.713. The van der Waals surface area contributed by atoms with Crippen molar-refractivity contribution in [1.82, 2.24) is 4.98 Å². The summed E-state index contributed by atoms with van der Waals surface area (Å²) in [5, 5.41) is 0. The third-order valence-electron chi connectivity index (χ3n) is 4.66. The summed E-state index contributed by atoms with van der Waals surface area (Å²) in [6.07, 6.45) is 0.954. The minimum Gasteiger partial charge on any atom is -0.489 e. The number of benzene rings is 2. The third kappa shape index (κ3) is 7.33. The molecule has 1 aromatic heterocycles. The van der Waals surface area contributed by atoms with Gasteiger partial charge in [0.15, 0.2) is 0 Å². The average molecular weight is 463 g/mol. The van der Waals surface area contributed by atoms with Crippen LogP contribution in [0.3, 0.4) is 0 Å². The number of anilines is 1. The molecule has 3 aromatic rings. The summed E-state index contributed by atoms with van der Waals surface area (Å²) in [6.45, 7) is 7.46. The lowest BCUT2D eigenvalue weighted by Gasteiger charge is -2.27. The van der Waals surface area contributed by atoms with Gasteiger partial charge in [0, 0.05) is 11.8 Å². The van der Waals surface area contributed by atoms with Crippen molar-refractivity contribution in [2.45, 2.75) is 39.9 Å². The van der Waals surface area contributed by atoms with Crippen LogP contribution in [0.5, 0.6) is 5.75 Å². The zero-order valence-corrected chi connectivity index (χ0v) is 20.0. The first-order valence-corrected chi connectivity index (χ1v) is 11.1. The first kappa shape index (κ1) is 24.8. The van der Waals surface area contributed by atoms with E-state index in [1.807, 2.05) is 54.6 Å². The van der Waals surface area contributed by atoms with E-state index in [9.17, 15) is 9.59 Å². The van der Waals surface area contributed by atoms with Crippen molar-refractivity contribution in [2.75, 3.05) is 18.1 Å². The van der Waals surface area contributed by atoms with Crippen LogP contribution < -0.4 is 9.64 Å². The van der Waals surface area contributed by atoms with E-state index in [1.54, 1.807) is 46.0 Å². The predicted octanol–water partition coefficient (Wildman–Crippen LogP) is 5.63. The van der Waals surface area contributed by atoms with Crippen LogP contribution in [0.25, 0.3) is 11.3 Å². The molecule has 0 fully saturated rings. The number of aromatic nitrogens is 1. The largest absolute Gasteiger partial charge is 0.489 e. The van der Waals surface area contributed by atoms with Gasteiger partial charge in [-0.15, -0.1) is 0 Å². The molecule has 0 atom stereocenters. The van der Waals surface area contributed by atoms with Crippen molar-refractivity contribution in [3.8, 4) is 17.0 Å². The molecule has 0 aliphatic carbocycles. The molecule has 0 radical (unpaired) electrons. The molecule has 0 N–H and O–H groups in total. The maximum absolute atomic E-state index is 12.8. The Balaban J connectivity index is 1.78. The monoisotopic (exact) mass is 462 g/mol. The van der Waals surface area contributed by atoms with Crippen molar-refractivity contribution >= 4 is 17.7 Å². The summed E-state index contributed by atoms with van der Waals surface area (Å²) < 4.78 is 16.4. The number of ether oxygens (including phenoxy) is 3. The van der Waals surface area contributed by atoms with Gasteiger partial charge in [-0.25, -0.2) is 4.79 Å². The van der Waals surface area contributed by atoms with Gasteiger partial charge in [-0.05, 0) is 69.7 Å². The Labute approximate surface area is 200 Å². The maximum Gasteiger partial charge on any atom is 0.415 e. The second kappa shape index (κ2) is 11.3. The minimum absolute atomic E-state index is 0.223. The number of carbonyl (C=O) groups is 2. The van der Waals surface area contributed by atoms with Crippen molar-refractivity contribution in [3.05, 3.63) is 78.5 Å². The Morgan fingerprint density at radius 1 is 0.971 bits per heavy atom. The summed E-state index contributed by atoms with van der Waals surface area (Å²) in [6, 6.07) is 20.9. The number of rotatable bonds is 8. The summed E-state index contributed by atoms with van der Waals surface area (Å²) in [7, 11) is 0. The highest BCUT2D eigenvalue weighted by Gasteiger charge is 2.26. The molecule has 7 heteroatoms. The van der Waals surface area contributed by atoms with E-state index in [1.165, 1.54) is 4.90 Å². The first-order chi connectivity index (χ1) is 16.2. The fraction of sp³-hybridized carbons (Fsp3) is 0.296. The fourth-order valence-electron chi connectivity index (χ4n) is 3.12. The lowest BCUT2D eigenvalue weighted by Crippen LogP contribution is -2.40. The molecule has 178 valence electrons. The van der Waals surface area contributed by atoms with Crippen LogP contribution in [0.15, 0.2) is 72.9 Å². The standard InChI is InChI=1S/C27H30N2O5/c1-5-32-25(30)18-29(26(31)34-27(2,3)4)22-15-16-28-24(17-22)21-11-13-23(14-12-21)33-19-20-9-7-6-8-10-20/h6-17H,5,18-19H2,1-4H3. The lowest BCUT2D eigenvalue weighted by atomic mass is 10.1. The molecule has 0 saturated carbocycles.